The van der Waals surface area contributed by atoms with Gasteiger partial charge in [-0.25, -0.2) is 9.97 Å². The van der Waals surface area contributed by atoms with Gasteiger partial charge in [-0.2, -0.15) is 0 Å². The molecule has 2 aliphatic heterocycles. The lowest BCUT2D eigenvalue weighted by atomic mass is 9.85. The Morgan fingerprint density at radius 1 is 1.07 bits per heavy atom. The second-order valence-corrected chi connectivity index (χ2v) is 8.11. The van der Waals surface area contributed by atoms with Gasteiger partial charge in [-0.15, -0.1) is 0 Å². The number of hydrogen-bond donors (Lipinski definition) is 1. The number of likely N-dealkylation sites (tertiary alicyclic amines) is 1. The van der Waals surface area contributed by atoms with Crippen molar-refractivity contribution >= 4 is 17.8 Å². The van der Waals surface area contributed by atoms with Crippen molar-refractivity contribution in [3.8, 4) is 0 Å². The van der Waals surface area contributed by atoms with E-state index in [4.69, 9.17) is 0 Å². The van der Waals surface area contributed by atoms with Gasteiger partial charge in [-0.05, 0) is 31.2 Å². The molecule has 152 valence electrons. The third-order valence-electron chi connectivity index (χ3n) is 6.56. The molecular weight excluding hydrogens is 358 g/mol. The summed E-state index contributed by atoms with van der Waals surface area (Å²) in [5.41, 5.74) is 0. The molecule has 1 aliphatic carbocycles. The number of hydrogen-bond acceptors (Lipinski definition) is 6. The Kier molecular flexibility index (Phi) is 5.75. The highest BCUT2D eigenvalue weighted by Gasteiger charge is 2.45. The Bertz CT molecular complexity index is 692. The molecule has 4 rings (SSSR count). The first-order valence-corrected chi connectivity index (χ1v) is 10.4. The summed E-state index contributed by atoms with van der Waals surface area (Å²) in [6, 6.07) is 1.71. The van der Waals surface area contributed by atoms with E-state index in [2.05, 4.69) is 19.8 Å². The first-order valence-electron chi connectivity index (χ1n) is 10.4. The molecule has 0 radical (unpaired) electrons. The third-order valence-corrected chi connectivity index (χ3v) is 6.56. The van der Waals surface area contributed by atoms with Crippen LogP contribution in [0, 0.1) is 5.92 Å². The van der Waals surface area contributed by atoms with Gasteiger partial charge >= 0.3 is 5.97 Å². The highest BCUT2D eigenvalue weighted by atomic mass is 16.4. The highest BCUT2D eigenvalue weighted by molar-refractivity contribution is 5.77. The van der Waals surface area contributed by atoms with Crippen LogP contribution < -0.4 is 4.90 Å². The quantitative estimate of drug-likeness (QED) is 0.813. The van der Waals surface area contributed by atoms with E-state index >= 15 is 0 Å². The molecule has 3 atom stereocenters. The summed E-state index contributed by atoms with van der Waals surface area (Å²) < 4.78 is 0. The van der Waals surface area contributed by atoms with Crippen LogP contribution in [-0.2, 0) is 9.59 Å². The molecule has 1 saturated carbocycles. The summed E-state index contributed by atoms with van der Waals surface area (Å²) in [5, 5.41) is 9.63. The molecule has 8 heteroatoms. The summed E-state index contributed by atoms with van der Waals surface area (Å²) in [4.78, 5) is 39.1. The minimum atomic E-state index is -0.738. The molecule has 0 aromatic carbocycles. The second kappa shape index (κ2) is 8.43. The molecular formula is C20H29N5O3. The van der Waals surface area contributed by atoms with Crippen LogP contribution in [0.2, 0.25) is 0 Å². The zero-order valence-electron chi connectivity index (χ0n) is 16.2. The van der Waals surface area contributed by atoms with E-state index in [0.29, 0.717) is 44.0 Å². The number of carboxylic acids is 1. The number of amides is 1. The number of carboxylic acid groups (broad SMARTS) is 1. The largest absolute Gasteiger partial charge is 0.480 e. The first kappa shape index (κ1) is 19.1. The number of fused-ring (bicyclic) bond motifs is 1. The van der Waals surface area contributed by atoms with Gasteiger partial charge in [0.25, 0.3) is 0 Å². The van der Waals surface area contributed by atoms with Gasteiger partial charge in [0.1, 0.15) is 6.04 Å². The maximum atomic E-state index is 12.7. The third kappa shape index (κ3) is 3.97. The average Bonchev–Trinajstić information content (AvgIpc) is 3.12. The van der Waals surface area contributed by atoms with Crippen molar-refractivity contribution in [3.63, 3.8) is 0 Å². The lowest BCUT2D eigenvalue weighted by molar-refractivity contribution is -0.143. The van der Waals surface area contributed by atoms with Gasteiger partial charge in [0.2, 0.25) is 11.9 Å². The molecule has 0 bridgehead atoms. The van der Waals surface area contributed by atoms with Gasteiger partial charge < -0.3 is 14.9 Å². The topological polar surface area (TPSA) is 89.9 Å². The summed E-state index contributed by atoms with van der Waals surface area (Å²) >= 11 is 0. The van der Waals surface area contributed by atoms with Crippen molar-refractivity contribution in [2.24, 2.45) is 5.92 Å². The molecule has 1 N–H and O–H groups in total. The molecule has 0 spiro atoms. The Labute approximate surface area is 165 Å². The zero-order valence-corrected chi connectivity index (χ0v) is 16.2. The molecule has 2 saturated heterocycles. The van der Waals surface area contributed by atoms with Crippen molar-refractivity contribution in [3.05, 3.63) is 18.5 Å². The number of carbonyl (C=O) groups is 2. The predicted octanol–water partition coefficient (Wildman–Crippen LogP) is 1.23. The maximum Gasteiger partial charge on any atom is 0.320 e. The van der Waals surface area contributed by atoms with Gasteiger partial charge in [0, 0.05) is 57.6 Å². The van der Waals surface area contributed by atoms with E-state index < -0.39 is 12.0 Å². The lowest BCUT2D eigenvalue weighted by Crippen LogP contribution is -2.50. The highest BCUT2D eigenvalue weighted by Crippen LogP contribution is 2.39. The number of anilines is 1. The van der Waals surface area contributed by atoms with Crippen molar-refractivity contribution in [2.45, 2.75) is 50.6 Å². The Morgan fingerprint density at radius 3 is 2.50 bits per heavy atom. The summed E-state index contributed by atoms with van der Waals surface area (Å²) in [7, 11) is 0. The number of aliphatic carboxylic acids is 1. The van der Waals surface area contributed by atoms with Gasteiger partial charge in [0.15, 0.2) is 0 Å². The number of rotatable bonds is 5. The normalized spacial score (nSPS) is 28.2. The minimum Gasteiger partial charge on any atom is -0.480 e. The van der Waals surface area contributed by atoms with Crippen molar-refractivity contribution in [2.75, 3.05) is 37.6 Å². The fraction of sp³-hybridized carbons (Fsp3) is 0.700. The fourth-order valence-electron chi connectivity index (χ4n) is 5.11. The number of aromatic nitrogens is 2. The monoisotopic (exact) mass is 387 g/mol. The molecule has 3 heterocycles. The Hall–Kier alpha value is -2.22. The number of piperazine rings is 1. The standard InChI is InChI=1S/C20H29N5O3/c26-18(23-10-12-24(13-11-23)20-21-7-3-8-22-20)6-9-25-16-5-2-1-4-15(16)14-17(25)19(27)28/h3,7-8,15-17H,1-2,4-6,9-14H2,(H,27,28). The van der Waals surface area contributed by atoms with Crippen LogP contribution in [0.5, 0.6) is 0 Å². The molecule has 1 aromatic rings. The van der Waals surface area contributed by atoms with Gasteiger partial charge in [-0.3, -0.25) is 14.5 Å². The molecule has 8 nitrogen and oxygen atoms in total. The summed E-state index contributed by atoms with van der Waals surface area (Å²) in [5.74, 6) is 0.578. The van der Waals surface area contributed by atoms with Crippen LogP contribution in [0.15, 0.2) is 18.5 Å². The van der Waals surface area contributed by atoms with E-state index in [0.717, 1.165) is 32.4 Å². The molecule has 1 amide bonds. The van der Waals surface area contributed by atoms with Crippen molar-refractivity contribution in [1.82, 2.24) is 19.8 Å². The van der Waals surface area contributed by atoms with E-state index in [-0.39, 0.29) is 5.91 Å². The second-order valence-electron chi connectivity index (χ2n) is 8.11. The number of nitrogens with zero attached hydrogens (tertiary/aromatic N) is 5. The molecule has 3 aliphatic rings. The Balaban J connectivity index is 1.30. The van der Waals surface area contributed by atoms with Crippen LogP contribution in [-0.4, -0.2) is 81.6 Å². The zero-order chi connectivity index (χ0) is 19.5. The van der Waals surface area contributed by atoms with Gasteiger partial charge in [-0.1, -0.05) is 12.8 Å². The fourth-order valence-corrected chi connectivity index (χ4v) is 5.11. The smallest absolute Gasteiger partial charge is 0.320 e. The number of carbonyl (C=O) groups excluding carboxylic acids is 1. The average molecular weight is 387 g/mol. The molecule has 3 fully saturated rings. The summed E-state index contributed by atoms with van der Waals surface area (Å²) in [6.07, 6.45) is 9.16. The van der Waals surface area contributed by atoms with E-state index in [9.17, 15) is 14.7 Å². The predicted molar refractivity (Wildman–Crippen MR) is 104 cm³/mol. The van der Waals surface area contributed by atoms with Crippen molar-refractivity contribution in [1.29, 1.82) is 0 Å². The minimum absolute atomic E-state index is 0.122. The first-order chi connectivity index (χ1) is 13.6. The summed E-state index contributed by atoms with van der Waals surface area (Å²) in [6.45, 7) is 3.32. The maximum absolute atomic E-state index is 12.7. The van der Waals surface area contributed by atoms with E-state index in [1.807, 2.05) is 4.90 Å². The van der Waals surface area contributed by atoms with Crippen LogP contribution in [0.4, 0.5) is 5.95 Å². The van der Waals surface area contributed by atoms with E-state index in [1.54, 1.807) is 18.5 Å². The molecule has 28 heavy (non-hydrogen) atoms. The van der Waals surface area contributed by atoms with Crippen LogP contribution in [0.3, 0.4) is 0 Å². The van der Waals surface area contributed by atoms with Crippen molar-refractivity contribution < 1.29 is 14.7 Å². The molecule has 1 aromatic heterocycles. The van der Waals surface area contributed by atoms with E-state index in [1.165, 1.54) is 12.8 Å². The van der Waals surface area contributed by atoms with Crippen LogP contribution in [0.1, 0.15) is 38.5 Å². The van der Waals surface area contributed by atoms with Crippen LogP contribution >= 0.6 is 0 Å². The molecule has 3 unspecified atom stereocenters. The lowest BCUT2D eigenvalue weighted by Gasteiger charge is -2.36. The van der Waals surface area contributed by atoms with Crippen LogP contribution in [0.25, 0.3) is 0 Å². The SMILES string of the molecule is O=C(O)C1CC2CCCCC2N1CCC(=O)N1CCN(c2ncccn2)CC1. The van der Waals surface area contributed by atoms with Gasteiger partial charge in [0.05, 0.1) is 0 Å². The Morgan fingerprint density at radius 2 is 1.79 bits per heavy atom.